The van der Waals surface area contributed by atoms with Gasteiger partial charge in [0.15, 0.2) is 0 Å². The number of carbonyl (C=O) groups is 3. The summed E-state index contributed by atoms with van der Waals surface area (Å²) in [6.07, 6.45) is 6.39. The molecule has 6 nitrogen and oxygen atoms in total. The molecule has 1 fully saturated rings. The number of rotatable bonds is 10. The van der Waals surface area contributed by atoms with Crippen molar-refractivity contribution in [2.24, 2.45) is 0 Å². The summed E-state index contributed by atoms with van der Waals surface area (Å²) < 4.78 is 9.38. The van der Waals surface area contributed by atoms with E-state index in [9.17, 15) is 14.4 Å². The minimum atomic E-state index is -0.750. The molecular formula is C14H23NO5. The summed E-state index contributed by atoms with van der Waals surface area (Å²) >= 11 is 0. The van der Waals surface area contributed by atoms with Crippen molar-refractivity contribution < 1.29 is 23.9 Å². The van der Waals surface area contributed by atoms with Crippen LogP contribution in [0.4, 0.5) is 4.79 Å². The van der Waals surface area contributed by atoms with Crippen molar-refractivity contribution in [2.45, 2.75) is 64.3 Å². The Morgan fingerprint density at radius 1 is 1.20 bits per heavy atom. The number of cyclic esters (lactones) is 2. The molecule has 0 aromatic rings. The van der Waals surface area contributed by atoms with E-state index in [2.05, 4.69) is 17.0 Å². The van der Waals surface area contributed by atoms with Crippen LogP contribution in [0.2, 0.25) is 0 Å². The van der Waals surface area contributed by atoms with Gasteiger partial charge in [0, 0.05) is 6.42 Å². The molecule has 0 aromatic heterocycles. The Morgan fingerprint density at radius 2 is 1.90 bits per heavy atom. The van der Waals surface area contributed by atoms with Gasteiger partial charge in [0.05, 0.1) is 6.61 Å². The first-order valence-electron chi connectivity index (χ1n) is 7.31. The lowest BCUT2D eigenvalue weighted by Gasteiger charge is -2.06. The predicted octanol–water partition coefficient (Wildman–Crippen LogP) is 2.31. The zero-order valence-corrected chi connectivity index (χ0v) is 12.0. The Morgan fingerprint density at radius 3 is 2.55 bits per heavy atom. The van der Waals surface area contributed by atoms with Gasteiger partial charge in [-0.05, 0) is 12.8 Å². The third kappa shape index (κ3) is 6.54. The Balaban J connectivity index is 1.98. The molecule has 20 heavy (non-hydrogen) atoms. The van der Waals surface area contributed by atoms with E-state index in [4.69, 9.17) is 4.74 Å². The molecule has 114 valence electrons. The number of hydrogen-bond acceptors (Lipinski definition) is 5. The molecule has 1 amide bonds. The van der Waals surface area contributed by atoms with Crippen molar-refractivity contribution in [3.63, 3.8) is 0 Å². The zero-order chi connectivity index (χ0) is 14.8. The van der Waals surface area contributed by atoms with Crippen molar-refractivity contribution in [1.29, 1.82) is 0 Å². The highest BCUT2D eigenvalue weighted by Gasteiger charge is 2.32. The molecule has 0 saturated carbocycles. The monoisotopic (exact) mass is 285 g/mol. The fourth-order valence-electron chi connectivity index (χ4n) is 1.99. The lowest BCUT2D eigenvalue weighted by atomic mass is 10.1. The highest BCUT2D eigenvalue weighted by atomic mass is 16.6. The topological polar surface area (TPSA) is 81.7 Å². The highest BCUT2D eigenvalue weighted by Crippen LogP contribution is 2.08. The van der Waals surface area contributed by atoms with E-state index in [1.54, 1.807) is 0 Å². The quantitative estimate of drug-likeness (QED) is 0.378. The third-order valence-corrected chi connectivity index (χ3v) is 3.17. The van der Waals surface area contributed by atoms with Crippen LogP contribution in [-0.2, 0) is 19.1 Å². The van der Waals surface area contributed by atoms with Crippen molar-refractivity contribution >= 4 is 18.0 Å². The Bertz CT molecular complexity index is 342. The van der Waals surface area contributed by atoms with Gasteiger partial charge < -0.3 is 14.8 Å². The number of nitrogens with one attached hydrogen (secondary N) is 1. The molecule has 1 heterocycles. The molecule has 0 radical (unpaired) electrons. The highest BCUT2D eigenvalue weighted by molar-refractivity contribution is 5.95. The third-order valence-electron chi connectivity index (χ3n) is 3.17. The first-order valence-corrected chi connectivity index (χ1v) is 7.31. The summed E-state index contributed by atoms with van der Waals surface area (Å²) in [6, 6.07) is -0.718. The molecule has 1 aliphatic rings. The van der Waals surface area contributed by atoms with Crippen LogP contribution in [0.25, 0.3) is 0 Å². The van der Waals surface area contributed by atoms with E-state index in [-0.39, 0.29) is 18.8 Å². The summed E-state index contributed by atoms with van der Waals surface area (Å²) in [7, 11) is 0. The Hall–Kier alpha value is -1.59. The van der Waals surface area contributed by atoms with E-state index in [0.29, 0.717) is 6.61 Å². The van der Waals surface area contributed by atoms with Gasteiger partial charge in [-0.2, -0.15) is 0 Å². The maximum Gasteiger partial charge on any atom is 0.415 e. The van der Waals surface area contributed by atoms with Crippen molar-refractivity contribution in [2.75, 3.05) is 6.61 Å². The number of esters is 2. The van der Waals surface area contributed by atoms with E-state index in [1.165, 1.54) is 25.7 Å². The van der Waals surface area contributed by atoms with Crippen LogP contribution in [0.1, 0.15) is 58.3 Å². The maximum absolute atomic E-state index is 11.4. The molecule has 0 spiro atoms. The first kappa shape index (κ1) is 16.5. The van der Waals surface area contributed by atoms with Gasteiger partial charge in [-0.1, -0.05) is 39.0 Å². The molecule has 1 atom stereocenters. The molecule has 1 aliphatic heterocycles. The van der Waals surface area contributed by atoms with Gasteiger partial charge in [-0.25, -0.2) is 9.59 Å². The average molecular weight is 285 g/mol. The van der Waals surface area contributed by atoms with Crippen molar-refractivity contribution in [1.82, 2.24) is 5.32 Å². The molecule has 0 aliphatic carbocycles. The van der Waals surface area contributed by atoms with Crippen LogP contribution in [0.3, 0.4) is 0 Å². The summed E-state index contributed by atoms with van der Waals surface area (Å²) in [4.78, 5) is 33.3. The van der Waals surface area contributed by atoms with Crippen LogP contribution < -0.4 is 5.32 Å². The molecular weight excluding hydrogens is 262 g/mol. The van der Waals surface area contributed by atoms with Crippen LogP contribution in [-0.4, -0.2) is 30.7 Å². The summed E-state index contributed by atoms with van der Waals surface area (Å²) in [5.74, 6) is -0.966. The van der Waals surface area contributed by atoms with Gasteiger partial charge in [0.1, 0.15) is 6.04 Å². The fraction of sp³-hybridized carbons (Fsp3) is 0.786. The normalized spacial score (nSPS) is 17.8. The second-order valence-corrected chi connectivity index (χ2v) is 4.93. The molecule has 0 aromatic carbocycles. The lowest BCUT2D eigenvalue weighted by molar-refractivity contribution is -0.144. The predicted molar refractivity (Wildman–Crippen MR) is 72.0 cm³/mol. The second kappa shape index (κ2) is 9.34. The largest absolute Gasteiger partial charge is 0.466 e. The minimum absolute atomic E-state index is 0.107. The standard InChI is InChI=1S/C14H23NO5/c1-2-3-4-5-6-7-10-19-12(16)9-8-11-13(17)20-14(18)15-11/h11H,2-10H2,1H3,(H,15,18). The fourth-order valence-corrected chi connectivity index (χ4v) is 1.99. The smallest absolute Gasteiger partial charge is 0.415 e. The second-order valence-electron chi connectivity index (χ2n) is 4.93. The Labute approximate surface area is 119 Å². The van der Waals surface area contributed by atoms with Gasteiger partial charge in [0.2, 0.25) is 0 Å². The summed E-state index contributed by atoms with van der Waals surface area (Å²) in [6.45, 7) is 2.59. The van der Waals surface area contributed by atoms with E-state index in [0.717, 1.165) is 12.8 Å². The molecule has 6 heteroatoms. The SMILES string of the molecule is CCCCCCCCOC(=O)CCC1NC(=O)OC1=O. The van der Waals surface area contributed by atoms with Crippen LogP contribution in [0, 0.1) is 0 Å². The van der Waals surface area contributed by atoms with E-state index < -0.39 is 18.1 Å². The van der Waals surface area contributed by atoms with Crippen LogP contribution in [0.5, 0.6) is 0 Å². The van der Waals surface area contributed by atoms with Crippen molar-refractivity contribution in [3.05, 3.63) is 0 Å². The van der Waals surface area contributed by atoms with E-state index in [1.807, 2.05) is 0 Å². The summed E-state index contributed by atoms with van der Waals surface area (Å²) in [5.41, 5.74) is 0. The maximum atomic E-state index is 11.4. The van der Waals surface area contributed by atoms with Crippen LogP contribution >= 0.6 is 0 Å². The molecule has 1 saturated heterocycles. The average Bonchev–Trinajstić information content (AvgIpc) is 2.73. The van der Waals surface area contributed by atoms with Gasteiger partial charge >= 0.3 is 18.0 Å². The molecule has 1 N–H and O–H groups in total. The lowest BCUT2D eigenvalue weighted by Crippen LogP contribution is -2.29. The number of carbonyl (C=O) groups excluding carboxylic acids is 3. The Kier molecular flexibility index (Phi) is 7.69. The number of amides is 1. The van der Waals surface area contributed by atoms with E-state index >= 15 is 0 Å². The van der Waals surface area contributed by atoms with Crippen LogP contribution in [0.15, 0.2) is 0 Å². The summed E-state index contributed by atoms with van der Waals surface area (Å²) in [5, 5.41) is 2.34. The first-order chi connectivity index (χ1) is 9.63. The number of alkyl carbamates (subject to hydrolysis) is 1. The number of unbranched alkanes of at least 4 members (excludes halogenated alkanes) is 5. The number of hydrogen-bond donors (Lipinski definition) is 1. The molecule has 1 unspecified atom stereocenters. The molecule has 0 bridgehead atoms. The molecule has 1 rings (SSSR count). The van der Waals surface area contributed by atoms with Gasteiger partial charge in [-0.15, -0.1) is 0 Å². The van der Waals surface area contributed by atoms with Gasteiger partial charge in [-0.3, -0.25) is 4.79 Å². The number of ether oxygens (including phenoxy) is 2. The van der Waals surface area contributed by atoms with Gasteiger partial charge in [0.25, 0.3) is 0 Å². The van der Waals surface area contributed by atoms with Crippen molar-refractivity contribution in [3.8, 4) is 0 Å². The minimum Gasteiger partial charge on any atom is -0.466 e. The zero-order valence-electron chi connectivity index (χ0n) is 12.0.